The molecule has 5 nitrogen and oxygen atoms in total. The van der Waals surface area contributed by atoms with Gasteiger partial charge in [-0.05, 0) is 25.3 Å². The summed E-state index contributed by atoms with van der Waals surface area (Å²) >= 11 is 1.79. The van der Waals surface area contributed by atoms with Crippen LogP contribution in [0.25, 0.3) is 0 Å². The fourth-order valence-electron chi connectivity index (χ4n) is 2.26. The molecule has 0 aromatic carbocycles. The molecule has 21 heavy (non-hydrogen) atoms. The number of hydrogen-bond donors (Lipinski definition) is 2. The smallest absolute Gasteiger partial charge is 0.148 e. The van der Waals surface area contributed by atoms with Gasteiger partial charge in [0.2, 0.25) is 0 Å². The van der Waals surface area contributed by atoms with E-state index in [2.05, 4.69) is 51.8 Å². The molecule has 0 radical (unpaired) electrons. The Morgan fingerprint density at radius 1 is 1.43 bits per heavy atom. The first-order valence-electron chi connectivity index (χ1n) is 7.16. The molecule has 2 heterocycles. The molecule has 1 atom stereocenters. The molecule has 114 valence electrons. The minimum absolute atomic E-state index is 0.354. The van der Waals surface area contributed by atoms with Crippen molar-refractivity contribution >= 4 is 23.0 Å². The minimum atomic E-state index is 0.354. The summed E-state index contributed by atoms with van der Waals surface area (Å²) in [5.41, 5.74) is 3.66. The predicted octanol–water partition coefficient (Wildman–Crippen LogP) is 2.76. The zero-order valence-corrected chi connectivity index (χ0v) is 13.9. The van der Waals surface area contributed by atoms with Gasteiger partial charge in [-0.25, -0.2) is 15.8 Å². The fourth-order valence-corrected chi connectivity index (χ4v) is 3.08. The van der Waals surface area contributed by atoms with Crippen molar-refractivity contribution < 1.29 is 0 Å². The summed E-state index contributed by atoms with van der Waals surface area (Å²) in [5, 5.41) is 2.11. The molecule has 0 spiro atoms. The topological polar surface area (TPSA) is 67.1 Å². The van der Waals surface area contributed by atoms with Gasteiger partial charge in [-0.1, -0.05) is 13.0 Å². The summed E-state index contributed by atoms with van der Waals surface area (Å²) in [6.45, 7) is 6.25. The number of thiophene rings is 1. The van der Waals surface area contributed by atoms with Gasteiger partial charge in [-0.3, -0.25) is 0 Å². The van der Waals surface area contributed by atoms with Crippen LogP contribution in [0.15, 0.2) is 17.5 Å². The van der Waals surface area contributed by atoms with Crippen LogP contribution in [-0.2, 0) is 12.8 Å². The van der Waals surface area contributed by atoms with Crippen molar-refractivity contribution in [1.29, 1.82) is 0 Å². The van der Waals surface area contributed by atoms with Gasteiger partial charge in [0.1, 0.15) is 17.5 Å². The second-order valence-electron chi connectivity index (χ2n) is 5.18. The van der Waals surface area contributed by atoms with Crippen molar-refractivity contribution in [1.82, 2.24) is 9.97 Å². The van der Waals surface area contributed by atoms with E-state index >= 15 is 0 Å². The molecule has 0 amide bonds. The Labute approximate surface area is 130 Å². The Balaban J connectivity index is 2.26. The number of hydrazine groups is 1. The van der Waals surface area contributed by atoms with Gasteiger partial charge in [0.05, 0.1) is 0 Å². The molecule has 0 saturated carbocycles. The highest BCUT2D eigenvalue weighted by Gasteiger charge is 2.18. The van der Waals surface area contributed by atoms with Crippen LogP contribution in [0.2, 0.25) is 0 Å². The molecule has 1 unspecified atom stereocenters. The number of anilines is 2. The van der Waals surface area contributed by atoms with E-state index < -0.39 is 0 Å². The number of nitrogens with two attached hydrogens (primary N) is 1. The molecule has 0 aliphatic rings. The van der Waals surface area contributed by atoms with Crippen molar-refractivity contribution in [3.63, 3.8) is 0 Å². The average molecular weight is 305 g/mol. The van der Waals surface area contributed by atoms with Crippen molar-refractivity contribution in [2.24, 2.45) is 5.84 Å². The van der Waals surface area contributed by atoms with Gasteiger partial charge in [0.25, 0.3) is 0 Å². The Morgan fingerprint density at radius 2 is 2.19 bits per heavy atom. The molecule has 2 rings (SSSR count). The lowest BCUT2D eigenvalue weighted by Gasteiger charge is -2.28. The first-order valence-corrected chi connectivity index (χ1v) is 8.04. The van der Waals surface area contributed by atoms with E-state index in [9.17, 15) is 0 Å². The Hall–Kier alpha value is -1.66. The van der Waals surface area contributed by atoms with Crippen LogP contribution >= 0.6 is 11.3 Å². The summed E-state index contributed by atoms with van der Waals surface area (Å²) in [6.07, 6.45) is 1.79. The number of nitrogens with one attached hydrogen (secondary N) is 1. The van der Waals surface area contributed by atoms with E-state index in [1.165, 1.54) is 4.88 Å². The maximum atomic E-state index is 5.57. The lowest BCUT2D eigenvalue weighted by molar-refractivity contribution is 0.674. The van der Waals surface area contributed by atoms with Gasteiger partial charge < -0.3 is 10.3 Å². The number of rotatable bonds is 6. The SMILES string of the molecule is CCc1nc(NN)c(C)c(N(C)C(C)Cc2cccs2)n1. The third-order valence-electron chi connectivity index (χ3n) is 3.69. The van der Waals surface area contributed by atoms with E-state index in [1.54, 1.807) is 11.3 Å². The van der Waals surface area contributed by atoms with Crippen molar-refractivity contribution in [2.45, 2.75) is 39.7 Å². The van der Waals surface area contributed by atoms with Crippen LogP contribution in [0.3, 0.4) is 0 Å². The summed E-state index contributed by atoms with van der Waals surface area (Å²) in [4.78, 5) is 12.7. The quantitative estimate of drug-likeness (QED) is 0.634. The van der Waals surface area contributed by atoms with Crippen molar-refractivity contribution in [2.75, 3.05) is 17.4 Å². The van der Waals surface area contributed by atoms with Crippen LogP contribution in [0.1, 0.15) is 30.1 Å². The Kier molecular flexibility index (Phi) is 5.14. The van der Waals surface area contributed by atoms with Crippen LogP contribution in [0, 0.1) is 6.92 Å². The van der Waals surface area contributed by atoms with Gasteiger partial charge >= 0.3 is 0 Å². The van der Waals surface area contributed by atoms with Gasteiger partial charge in [0, 0.05) is 36.4 Å². The van der Waals surface area contributed by atoms with Crippen LogP contribution < -0.4 is 16.2 Å². The minimum Gasteiger partial charge on any atom is -0.356 e. The Bertz CT molecular complexity index is 582. The molecule has 2 aromatic heterocycles. The summed E-state index contributed by atoms with van der Waals surface area (Å²) in [6, 6.07) is 4.62. The maximum absolute atomic E-state index is 5.57. The monoisotopic (exact) mass is 305 g/mol. The summed E-state index contributed by atoms with van der Waals surface area (Å²) in [7, 11) is 2.08. The van der Waals surface area contributed by atoms with E-state index in [0.29, 0.717) is 11.9 Å². The van der Waals surface area contributed by atoms with E-state index in [4.69, 9.17) is 5.84 Å². The van der Waals surface area contributed by atoms with E-state index in [1.807, 2.05) is 13.8 Å². The van der Waals surface area contributed by atoms with Crippen molar-refractivity contribution in [3.05, 3.63) is 33.8 Å². The lowest BCUT2D eigenvalue weighted by Crippen LogP contribution is -2.32. The molecular formula is C15H23N5S. The Morgan fingerprint density at radius 3 is 2.76 bits per heavy atom. The summed E-state index contributed by atoms with van der Waals surface area (Å²) in [5.74, 6) is 8.02. The second-order valence-corrected chi connectivity index (χ2v) is 6.21. The zero-order valence-electron chi connectivity index (χ0n) is 13.1. The van der Waals surface area contributed by atoms with Crippen LogP contribution in [-0.4, -0.2) is 23.1 Å². The van der Waals surface area contributed by atoms with Crippen LogP contribution in [0.4, 0.5) is 11.6 Å². The number of likely N-dealkylation sites (N-methyl/N-ethyl adjacent to an activating group) is 1. The van der Waals surface area contributed by atoms with E-state index in [0.717, 1.165) is 30.0 Å². The third-order valence-corrected chi connectivity index (χ3v) is 4.59. The average Bonchev–Trinajstić information content (AvgIpc) is 2.99. The van der Waals surface area contributed by atoms with Gasteiger partial charge in [-0.15, -0.1) is 11.3 Å². The third kappa shape index (κ3) is 3.51. The largest absolute Gasteiger partial charge is 0.356 e. The molecule has 6 heteroatoms. The molecule has 2 aromatic rings. The maximum Gasteiger partial charge on any atom is 0.148 e. The molecule has 0 fully saturated rings. The molecule has 0 saturated heterocycles. The highest BCUT2D eigenvalue weighted by molar-refractivity contribution is 7.09. The molecule has 0 bridgehead atoms. The second kappa shape index (κ2) is 6.87. The molecule has 0 aliphatic heterocycles. The van der Waals surface area contributed by atoms with Gasteiger partial charge in [0.15, 0.2) is 0 Å². The first-order chi connectivity index (χ1) is 10.1. The number of aryl methyl sites for hydroxylation is 1. The molecule has 3 N–H and O–H groups in total. The fraction of sp³-hybridized carbons (Fsp3) is 0.467. The highest BCUT2D eigenvalue weighted by atomic mass is 32.1. The standard InChI is InChI=1S/C15H23N5S/c1-5-13-17-14(19-16)11(3)15(18-13)20(4)10(2)9-12-7-6-8-21-12/h6-8,10H,5,9,16H2,1-4H3,(H,17,18,19). The number of hydrogen-bond acceptors (Lipinski definition) is 6. The normalized spacial score (nSPS) is 12.2. The van der Waals surface area contributed by atoms with Crippen molar-refractivity contribution in [3.8, 4) is 0 Å². The van der Waals surface area contributed by atoms with Crippen LogP contribution in [0.5, 0.6) is 0 Å². The lowest BCUT2D eigenvalue weighted by atomic mass is 10.1. The number of nitrogens with zero attached hydrogens (tertiary/aromatic N) is 3. The highest BCUT2D eigenvalue weighted by Crippen LogP contribution is 2.25. The zero-order chi connectivity index (χ0) is 15.4. The summed E-state index contributed by atoms with van der Waals surface area (Å²) < 4.78 is 0. The first kappa shape index (κ1) is 15.7. The van der Waals surface area contributed by atoms with Gasteiger partial charge in [-0.2, -0.15) is 0 Å². The number of aromatic nitrogens is 2. The molecule has 0 aliphatic carbocycles. The molecular weight excluding hydrogens is 282 g/mol. The predicted molar refractivity (Wildman–Crippen MR) is 89.8 cm³/mol. The number of nitrogen functional groups attached to an aromatic ring is 1. The van der Waals surface area contributed by atoms with E-state index in [-0.39, 0.29) is 0 Å².